The topological polar surface area (TPSA) is 61.5 Å². The van der Waals surface area contributed by atoms with Crippen LogP contribution in [0.15, 0.2) is 0 Å². The van der Waals surface area contributed by atoms with E-state index in [9.17, 15) is 4.79 Å². The van der Waals surface area contributed by atoms with Crippen LogP contribution in [0, 0.1) is 5.92 Å². The average Bonchev–Trinajstić information content (AvgIpc) is 2.37. The molecule has 1 unspecified atom stereocenters. The van der Waals surface area contributed by atoms with E-state index in [2.05, 4.69) is 0 Å². The van der Waals surface area contributed by atoms with E-state index in [4.69, 9.17) is 15.2 Å². The number of hydrogen-bond donors (Lipinski definition) is 1. The van der Waals surface area contributed by atoms with Crippen LogP contribution in [0.4, 0.5) is 0 Å². The number of carbonyl (C=O) groups excluding carboxylic acids is 1. The van der Waals surface area contributed by atoms with Crippen LogP contribution in [-0.4, -0.2) is 31.3 Å². The van der Waals surface area contributed by atoms with Crippen molar-refractivity contribution in [2.45, 2.75) is 64.5 Å². The van der Waals surface area contributed by atoms with E-state index in [1.54, 1.807) is 0 Å². The fraction of sp³-hybridized carbons (Fsp3) is 0.929. The second-order valence-electron chi connectivity index (χ2n) is 5.25. The molecule has 1 fully saturated rings. The zero-order valence-electron chi connectivity index (χ0n) is 11.7. The van der Waals surface area contributed by atoms with Crippen molar-refractivity contribution in [2.75, 3.05) is 13.2 Å². The molecule has 0 heterocycles. The van der Waals surface area contributed by atoms with Crippen LogP contribution in [0.3, 0.4) is 0 Å². The zero-order chi connectivity index (χ0) is 13.4. The molecule has 0 bridgehead atoms. The molecule has 0 saturated heterocycles. The Morgan fingerprint density at radius 3 is 2.61 bits per heavy atom. The Balaban J connectivity index is 2.22. The first-order valence-electron chi connectivity index (χ1n) is 7.17. The molecule has 0 aliphatic heterocycles. The Bertz CT molecular complexity index is 239. The Kier molecular flexibility index (Phi) is 7.28. The summed E-state index contributed by atoms with van der Waals surface area (Å²) in [5.41, 5.74) is 5.91. The number of hydrogen-bond acceptors (Lipinski definition) is 4. The predicted octanol–water partition coefficient (Wildman–Crippen LogP) is 2.25. The highest BCUT2D eigenvalue weighted by molar-refractivity contribution is 5.75. The number of ether oxygens (including phenoxy) is 2. The summed E-state index contributed by atoms with van der Waals surface area (Å²) in [5.74, 6) is 0.316. The Morgan fingerprint density at radius 1 is 1.33 bits per heavy atom. The Labute approximate surface area is 110 Å². The van der Waals surface area contributed by atoms with E-state index in [1.165, 1.54) is 32.1 Å². The summed E-state index contributed by atoms with van der Waals surface area (Å²) in [6, 6.07) is -0.475. The van der Waals surface area contributed by atoms with Crippen molar-refractivity contribution in [3.63, 3.8) is 0 Å². The van der Waals surface area contributed by atoms with Crippen molar-refractivity contribution in [3.05, 3.63) is 0 Å². The summed E-state index contributed by atoms with van der Waals surface area (Å²) < 4.78 is 10.5. The molecule has 2 atom stereocenters. The van der Waals surface area contributed by atoms with E-state index in [1.807, 2.05) is 13.8 Å². The average molecular weight is 257 g/mol. The van der Waals surface area contributed by atoms with Gasteiger partial charge in [0.25, 0.3) is 0 Å². The second kappa shape index (κ2) is 8.48. The molecule has 0 radical (unpaired) electrons. The molecule has 0 amide bonds. The van der Waals surface area contributed by atoms with Gasteiger partial charge in [-0.3, -0.25) is 4.79 Å². The van der Waals surface area contributed by atoms with Gasteiger partial charge in [-0.1, -0.05) is 32.1 Å². The molecule has 0 aromatic rings. The monoisotopic (exact) mass is 257 g/mol. The molecule has 4 nitrogen and oxygen atoms in total. The smallest absolute Gasteiger partial charge is 0.323 e. The number of esters is 1. The van der Waals surface area contributed by atoms with Gasteiger partial charge < -0.3 is 15.2 Å². The van der Waals surface area contributed by atoms with E-state index in [0.29, 0.717) is 19.1 Å². The Morgan fingerprint density at radius 2 is 2.00 bits per heavy atom. The van der Waals surface area contributed by atoms with Gasteiger partial charge in [0.15, 0.2) is 0 Å². The molecule has 0 aromatic heterocycles. The fourth-order valence-corrected chi connectivity index (χ4v) is 2.48. The largest absolute Gasteiger partial charge is 0.459 e. The van der Waals surface area contributed by atoms with Crippen molar-refractivity contribution in [1.82, 2.24) is 0 Å². The highest BCUT2D eigenvalue weighted by Crippen LogP contribution is 2.27. The lowest BCUT2D eigenvalue weighted by molar-refractivity contribution is -0.153. The van der Waals surface area contributed by atoms with Gasteiger partial charge in [-0.2, -0.15) is 0 Å². The van der Waals surface area contributed by atoms with E-state index < -0.39 is 6.04 Å². The van der Waals surface area contributed by atoms with Gasteiger partial charge >= 0.3 is 5.97 Å². The molecular weight excluding hydrogens is 230 g/mol. The van der Waals surface area contributed by atoms with Crippen LogP contribution in [0.2, 0.25) is 0 Å². The maximum absolute atomic E-state index is 11.8. The van der Waals surface area contributed by atoms with Crippen molar-refractivity contribution < 1.29 is 14.3 Å². The molecule has 1 saturated carbocycles. The molecule has 106 valence electrons. The van der Waals surface area contributed by atoms with Gasteiger partial charge in [-0.05, 0) is 26.2 Å². The normalized spacial score (nSPS) is 20.4. The standard InChI is InChI=1S/C14H27NO3/c1-3-17-10-11(2)18-14(16)13(15)9-12-7-5-4-6-8-12/h11-13H,3-10,15H2,1-2H3/t11?,13-/m1/s1. The summed E-state index contributed by atoms with van der Waals surface area (Å²) in [4.78, 5) is 11.8. The van der Waals surface area contributed by atoms with E-state index >= 15 is 0 Å². The maximum atomic E-state index is 11.8. The van der Waals surface area contributed by atoms with Gasteiger partial charge in [0, 0.05) is 6.61 Å². The SMILES string of the molecule is CCOCC(C)OC(=O)[C@H](N)CC1CCCCC1. The molecule has 0 spiro atoms. The van der Waals surface area contributed by atoms with Crippen LogP contribution < -0.4 is 5.73 Å². The molecule has 1 rings (SSSR count). The fourth-order valence-electron chi connectivity index (χ4n) is 2.48. The minimum Gasteiger partial charge on any atom is -0.459 e. The van der Waals surface area contributed by atoms with E-state index in [0.717, 1.165) is 6.42 Å². The lowest BCUT2D eigenvalue weighted by atomic mass is 9.85. The van der Waals surface area contributed by atoms with Crippen molar-refractivity contribution in [1.29, 1.82) is 0 Å². The van der Waals surface area contributed by atoms with Crippen LogP contribution in [0.25, 0.3) is 0 Å². The van der Waals surface area contributed by atoms with Crippen molar-refractivity contribution in [3.8, 4) is 0 Å². The predicted molar refractivity (Wildman–Crippen MR) is 71.2 cm³/mol. The number of rotatable bonds is 7. The summed E-state index contributed by atoms with van der Waals surface area (Å²) in [7, 11) is 0. The zero-order valence-corrected chi connectivity index (χ0v) is 11.7. The van der Waals surface area contributed by atoms with Crippen molar-refractivity contribution >= 4 is 5.97 Å². The second-order valence-corrected chi connectivity index (χ2v) is 5.25. The van der Waals surface area contributed by atoms with Crippen LogP contribution in [0.1, 0.15) is 52.4 Å². The van der Waals surface area contributed by atoms with Crippen LogP contribution >= 0.6 is 0 Å². The highest BCUT2D eigenvalue weighted by atomic mass is 16.6. The highest BCUT2D eigenvalue weighted by Gasteiger charge is 2.23. The minimum atomic E-state index is -0.475. The van der Waals surface area contributed by atoms with Gasteiger partial charge in [0.2, 0.25) is 0 Å². The minimum absolute atomic E-state index is 0.213. The van der Waals surface area contributed by atoms with Gasteiger partial charge in [0.05, 0.1) is 6.61 Å². The molecule has 2 N–H and O–H groups in total. The summed E-state index contributed by atoms with van der Waals surface area (Å²) in [5, 5.41) is 0. The molecule has 1 aliphatic rings. The van der Waals surface area contributed by atoms with Gasteiger partial charge in [-0.25, -0.2) is 0 Å². The molecule has 1 aliphatic carbocycles. The third-order valence-electron chi connectivity index (χ3n) is 3.49. The number of carbonyl (C=O) groups is 1. The molecule has 4 heteroatoms. The summed E-state index contributed by atoms with van der Waals surface area (Å²) >= 11 is 0. The first kappa shape index (κ1) is 15.4. The van der Waals surface area contributed by atoms with E-state index in [-0.39, 0.29) is 12.1 Å². The van der Waals surface area contributed by atoms with Gasteiger partial charge in [0.1, 0.15) is 12.1 Å². The first-order valence-corrected chi connectivity index (χ1v) is 7.17. The number of nitrogens with two attached hydrogens (primary N) is 1. The third-order valence-corrected chi connectivity index (χ3v) is 3.49. The van der Waals surface area contributed by atoms with Gasteiger partial charge in [-0.15, -0.1) is 0 Å². The van der Waals surface area contributed by atoms with Crippen molar-refractivity contribution in [2.24, 2.45) is 11.7 Å². The molecule has 0 aromatic carbocycles. The third kappa shape index (κ3) is 5.83. The summed E-state index contributed by atoms with van der Waals surface area (Å²) in [6.45, 7) is 4.83. The van der Waals surface area contributed by atoms with Crippen LogP contribution in [-0.2, 0) is 14.3 Å². The molecule has 18 heavy (non-hydrogen) atoms. The summed E-state index contributed by atoms with van der Waals surface area (Å²) in [6.07, 6.45) is 6.82. The first-order chi connectivity index (χ1) is 8.63. The lowest BCUT2D eigenvalue weighted by Gasteiger charge is -2.24. The van der Waals surface area contributed by atoms with Crippen LogP contribution in [0.5, 0.6) is 0 Å². The maximum Gasteiger partial charge on any atom is 0.323 e. The lowest BCUT2D eigenvalue weighted by Crippen LogP contribution is -2.37. The quantitative estimate of drug-likeness (QED) is 0.711. The molecular formula is C14H27NO3. The Hall–Kier alpha value is -0.610.